The molecular formula is C9H18N2O3S. The standard InChI is InChI=1S/C9H18N2O3S/c10-6(4-12)9(14)11-5-1-2-8(15)7(13)3-5/h5-8,12-13,15H,1-4,10H2,(H,11,14)/t5-,6+,7-,8-/m0/s1. The topological polar surface area (TPSA) is 95.6 Å². The molecule has 0 spiro atoms. The Morgan fingerprint density at radius 1 is 1.60 bits per heavy atom. The van der Waals surface area contributed by atoms with Gasteiger partial charge in [-0.25, -0.2) is 0 Å². The van der Waals surface area contributed by atoms with Crippen molar-refractivity contribution in [3.63, 3.8) is 0 Å². The van der Waals surface area contributed by atoms with Gasteiger partial charge in [-0.1, -0.05) is 0 Å². The minimum atomic E-state index is -0.879. The molecule has 1 aliphatic carbocycles. The maximum Gasteiger partial charge on any atom is 0.239 e. The van der Waals surface area contributed by atoms with Crippen LogP contribution in [0.5, 0.6) is 0 Å². The van der Waals surface area contributed by atoms with Crippen molar-refractivity contribution >= 4 is 18.5 Å². The number of carbonyl (C=O) groups excluding carboxylic acids is 1. The molecule has 1 aliphatic rings. The molecular weight excluding hydrogens is 216 g/mol. The predicted octanol–water partition coefficient (Wildman–Crippen LogP) is -1.37. The van der Waals surface area contributed by atoms with Crippen LogP contribution in [0.1, 0.15) is 19.3 Å². The van der Waals surface area contributed by atoms with E-state index in [-0.39, 0.29) is 23.8 Å². The molecule has 0 unspecified atom stereocenters. The Kier molecular flexibility index (Phi) is 4.85. The van der Waals surface area contributed by atoms with Crippen molar-refractivity contribution in [2.24, 2.45) is 5.73 Å². The number of nitrogens with two attached hydrogens (primary N) is 1. The number of rotatable bonds is 3. The third kappa shape index (κ3) is 3.64. The lowest BCUT2D eigenvalue weighted by atomic mass is 9.92. The summed E-state index contributed by atoms with van der Waals surface area (Å²) in [6.07, 6.45) is 1.56. The predicted molar refractivity (Wildman–Crippen MR) is 59.6 cm³/mol. The summed E-state index contributed by atoms with van der Waals surface area (Å²) in [7, 11) is 0. The Morgan fingerprint density at radius 3 is 2.80 bits per heavy atom. The molecule has 0 aromatic carbocycles. The van der Waals surface area contributed by atoms with Crippen molar-refractivity contribution < 1.29 is 15.0 Å². The van der Waals surface area contributed by atoms with E-state index in [2.05, 4.69) is 17.9 Å². The molecule has 5 nitrogen and oxygen atoms in total. The summed E-state index contributed by atoms with van der Waals surface area (Å²) in [6.45, 7) is -0.365. The van der Waals surface area contributed by atoms with Crippen LogP contribution in [0.15, 0.2) is 0 Å². The van der Waals surface area contributed by atoms with Gasteiger partial charge in [0, 0.05) is 11.3 Å². The molecule has 0 aromatic rings. The first-order valence-corrected chi connectivity index (χ1v) is 5.59. The first-order chi connectivity index (χ1) is 7.04. The number of hydrogen-bond donors (Lipinski definition) is 5. The van der Waals surface area contributed by atoms with Gasteiger partial charge in [-0.05, 0) is 19.3 Å². The molecule has 6 heteroatoms. The van der Waals surface area contributed by atoms with Gasteiger partial charge in [0.25, 0.3) is 0 Å². The molecule has 0 heterocycles. The third-order valence-electron chi connectivity index (χ3n) is 2.66. The first kappa shape index (κ1) is 12.8. The van der Waals surface area contributed by atoms with Crippen LogP contribution in [0.4, 0.5) is 0 Å². The maximum atomic E-state index is 11.3. The first-order valence-electron chi connectivity index (χ1n) is 5.07. The lowest BCUT2D eigenvalue weighted by Crippen LogP contribution is -2.50. The van der Waals surface area contributed by atoms with Gasteiger partial charge in [-0.15, -0.1) is 0 Å². The maximum absolute atomic E-state index is 11.3. The van der Waals surface area contributed by atoms with Crippen molar-refractivity contribution in [1.29, 1.82) is 0 Å². The van der Waals surface area contributed by atoms with E-state index in [9.17, 15) is 9.90 Å². The van der Waals surface area contributed by atoms with Gasteiger partial charge < -0.3 is 21.3 Å². The van der Waals surface area contributed by atoms with Crippen molar-refractivity contribution in [2.45, 2.75) is 42.7 Å². The van der Waals surface area contributed by atoms with Crippen LogP contribution >= 0.6 is 12.6 Å². The van der Waals surface area contributed by atoms with Crippen LogP contribution in [-0.2, 0) is 4.79 Å². The SMILES string of the molecule is N[C@H](CO)C(=O)N[C@H]1CC[C@H](S)[C@@H](O)C1. The average molecular weight is 234 g/mol. The van der Waals surface area contributed by atoms with Gasteiger partial charge in [0.1, 0.15) is 6.04 Å². The Morgan fingerprint density at radius 2 is 2.27 bits per heavy atom. The van der Waals surface area contributed by atoms with Crippen molar-refractivity contribution in [1.82, 2.24) is 5.32 Å². The molecule has 0 aliphatic heterocycles. The molecule has 5 N–H and O–H groups in total. The van der Waals surface area contributed by atoms with Gasteiger partial charge in [0.2, 0.25) is 5.91 Å². The number of hydrogen-bond acceptors (Lipinski definition) is 5. The monoisotopic (exact) mass is 234 g/mol. The summed E-state index contributed by atoms with van der Waals surface area (Å²) < 4.78 is 0. The lowest BCUT2D eigenvalue weighted by molar-refractivity contribution is -0.124. The van der Waals surface area contributed by atoms with Gasteiger partial charge in [0.15, 0.2) is 0 Å². The number of amides is 1. The number of nitrogens with one attached hydrogen (secondary N) is 1. The molecule has 4 atom stereocenters. The van der Waals surface area contributed by atoms with Crippen LogP contribution < -0.4 is 11.1 Å². The van der Waals surface area contributed by atoms with Crippen molar-refractivity contribution in [3.8, 4) is 0 Å². The molecule has 1 fully saturated rings. The van der Waals surface area contributed by atoms with Gasteiger partial charge in [-0.2, -0.15) is 12.6 Å². The number of thiol groups is 1. The van der Waals surface area contributed by atoms with E-state index < -0.39 is 12.1 Å². The van der Waals surface area contributed by atoms with Crippen LogP contribution in [0, 0.1) is 0 Å². The summed E-state index contributed by atoms with van der Waals surface area (Å²) >= 11 is 4.22. The van der Waals surface area contributed by atoms with E-state index in [0.717, 1.165) is 12.8 Å². The molecule has 0 aromatic heterocycles. The zero-order valence-electron chi connectivity index (χ0n) is 8.47. The van der Waals surface area contributed by atoms with Crippen molar-refractivity contribution in [3.05, 3.63) is 0 Å². The van der Waals surface area contributed by atoms with Crippen LogP contribution in [0.2, 0.25) is 0 Å². The number of aliphatic hydroxyl groups is 2. The largest absolute Gasteiger partial charge is 0.394 e. The van der Waals surface area contributed by atoms with E-state index in [1.54, 1.807) is 0 Å². The summed E-state index contributed by atoms with van der Waals surface area (Å²) in [4.78, 5) is 11.3. The highest BCUT2D eigenvalue weighted by molar-refractivity contribution is 7.81. The molecule has 1 saturated carbocycles. The molecule has 0 saturated heterocycles. The summed E-state index contributed by atoms with van der Waals surface area (Å²) in [5.41, 5.74) is 5.36. The Hall–Kier alpha value is -0.300. The summed E-state index contributed by atoms with van der Waals surface area (Å²) in [6, 6.07) is -0.940. The minimum absolute atomic E-state index is 0.00957. The fourth-order valence-corrected chi connectivity index (χ4v) is 1.92. The fourth-order valence-electron chi connectivity index (χ4n) is 1.65. The zero-order chi connectivity index (χ0) is 11.4. The molecule has 15 heavy (non-hydrogen) atoms. The van der Waals surface area contributed by atoms with E-state index in [1.165, 1.54) is 0 Å². The van der Waals surface area contributed by atoms with E-state index in [1.807, 2.05) is 0 Å². The average Bonchev–Trinajstić information content (AvgIpc) is 2.22. The van der Waals surface area contributed by atoms with Gasteiger partial charge in [0.05, 0.1) is 12.7 Å². The molecule has 1 rings (SSSR count). The summed E-state index contributed by atoms with van der Waals surface area (Å²) in [5.74, 6) is -0.368. The smallest absolute Gasteiger partial charge is 0.239 e. The Balaban J connectivity index is 2.36. The molecule has 1 amide bonds. The lowest BCUT2D eigenvalue weighted by Gasteiger charge is -2.31. The van der Waals surface area contributed by atoms with Crippen LogP contribution in [0.25, 0.3) is 0 Å². The number of carbonyl (C=O) groups is 1. The Bertz CT molecular complexity index is 227. The second-order valence-electron chi connectivity index (χ2n) is 3.94. The molecule has 0 radical (unpaired) electrons. The highest BCUT2D eigenvalue weighted by Crippen LogP contribution is 2.23. The van der Waals surface area contributed by atoms with E-state index in [0.29, 0.717) is 6.42 Å². The normalized spacial score (nSPS) is 33.5. The minimum Gasteiger partial charge on any atom is -0.394 e. The second-order valence-corrected chi connectivity index (χ2v) is 4.61. The Labute approximate surface area is 94.4 Å². The molecule has 88 valence electrons. The highest BCUT2D eigenvalue weighted by Gasteiger charge is 2.28. The quantitative estimate of drug-likeness (QED) is 0.390. The fraction of sp³-hybridized carbons (Fsp3) is 0.889. The zero-order valence-corrected chi connectivity index (χ0v) is 9.36. The number of aliphatic hydroxyl groups excluding tert-OH is 2. The third-order valence-corrected chi connectivity index (χ3v) is 3.26. The van der Waals surface area contributed by atoms with Crippen LogP contribution in [-0.4, -0.2) is 46.2 Å². The highest BCUT2D eigenvalue weighted by atomic mass is 32.1. The van der Waals surface area contributed by atoms with Crippen molar-refractivity contribution in [2.75, 3.05) is 6.61 Å². The van der Waals surface area contributed by atoms with Crippen LogP contribution in [0.3, 0.4) is 0 Å². The van der Waals surface area contributed by atoms with Gasteiger partial charge >= 0.3 is 0 Å². The van der Waals surface area contributed by atoms with E-state index in [4.69, 9.17) is 10.8 Å². The van der Waals surface area contributed by atoms with Gasteiger partial charge in [-0.3, -0.25) is 4.79 Å². The second kappa shape index (κ2) is 5.69. The van der Waals surface area contributed by atoms with E-state index >= 15 is 0 Å². The summed E-state index contributed by atoms with van der Waals surface area (Å²) in [5, 5.41) is 20.9. The molecule has 0 bridgehead atoms.